The first-order chi connectivity index (χ1) is 13.2. The monoisotopic (exact) mass is 374 g/mol. The number of aliphatic hydroxyl groups is 1. The number of carbonyl (C=O) groups excluding carboxylic acids is 1. The number of nitrogens with zero attached hydrogens (tertiary/aromatic N) is 1. The number of likely N-dealkylation sites (tertiary alicyclic amines) is 1. The van der Waals surface area contributed by atoms with Crippen molar-refractivity contribution in [2.75, 3.05) is 19.6 Å². The highest BCUT2D eigenvalue weighted by Crippen LogP contribution is 2.19. The zero-order valence-electron chi connectivity index (χ0n) is 17.0. The molecule has 1 aliphatic heterocycles. The maximum absolute atomic E-state index is 12.5. The molecule has 1 heterocycles. The third-order valence-electron chi connectivity index (χ3n) is 5.53. The molecule has 1 fully saturated rings. The maximum Gasteiger partial charge on any atom is 0.220 e. The number of amides is 1. The first kappa shape index (κ1) is 21.9. The highest BCUT2D eigenvalue weighted by molar-refractivity contribution is 5.76. The van der Waals surface area contributed by atoms with Gasteiger partial charge in [-0.3, -0.25) is 4.79 Å². The van der Waals surface area contributed by atoms with E-state index in [1.807, 2.05) is 30.3 Å². The number of carbonyl (C=O) groups is 1. The van der Waals surface area contributed by atoms with E-state index in [9.17, 15) is 9.90 Å². The Bertz CT molecular complexity index is 514. The predicted octanol–water partition coefficient (Wildman–Crippen LogP) is 4.44. The van der Waals surface area contributed by atoms with Crippen molar-refractivity contribution in [1.82, 2.24) is 10.2 Å². The lowest BCUT2D eigenvalue weighted by atomic mass is 10.0. The number of aliphatic hydroxyl groups excluding tert-OH is 1. The lowest BCUT2D eigenvalue weighted by Gasteiger charge is -2.28. The number of nitrogens with one attached hydrogen (secondary N) is 1. The number of hydrogen-bond donors (Lipinski definition) is 2. The van der Waals surface area contributed by atoms with Crippen molar-refractivity contribution < 1.29 is 9.90 Å². The minimum absolute atomic E-state index is 0.0720. The van der Waals surface area contributed by atoms with Crippen LogP contribution in [0.25, 0.3) is 0 Å². The average molecular weight is 375 g/mol. The Balaban J connectivity index is 1.79. The van der Waals surface area contributed by atoms with Gasteiger partial charge in [0.05, 0.1) is 6.04 Å². The summed E-state index contributed by atoms with van der Waals surface area (Å²) in [6.45, 7) is 5.07. The molecule has 0 unspecified atom stereocenters. The minimum atomic E-state index is -0.662. The Morgan fingerprint density at radius 1 is 1.04 bits per heavy atom. The van der Waals surface area contributed by atoms with Gasteiger partial charge in [-0.2, -0.15) is 0 Å². The second kappa shape index (κ2) is 12.9. The van der Waals surface area contributed by atoms with E-state index >= 15 is 0 Å². The summed E-state index contributed by atoms with van der Waals surface area (Å²) in [6.07, 6.45) is 10.8. The maximum atomic E-state index is 12.5. The van der Waals surface area contributed by atoms with E-state index in [1.54, 1.807) is 0 Å². The smallest absolute Gasteiger partial charge is 0.220 e. The topological polar surface area (TPSA) is 52.6 Å². The molecule has 0 aliphatic carbocycles. The summed E-state index contributed by atoms with van der Waals surface area (Å²) in [5, 5.41) is 14.0. The van der Waals surface area contributed by atoms with Gasteiger partial charge in [0, 0.05) is 13.0 Å². The standard InChI is InChI=1S/C23H38N2O2/c1-2-3-4-5-6-7-11-16-22(26)24-21(19-25-17-12-13-18-25)23(27)20-14-9-8-10-15-20/h8-10,14-15,21,23,27H,2-7,11-13,16-19H2,1H3,(H,24,26)/t21-,23-/m0/s1. The van der Waals surface area contributed by atoms with Crippen LogP contribution in [-0.2, 0) is 4.79 Å². The van der Waals surface area contributed by atoms with Crippen molar-refractivity contribution in [1.29, 1.82) is 0 Å². The highest BCUT2D eigenvalue weighted by Gasteiger charge is 2.26. The summed E-state index contributed by atoms with van der Waals surface area (Å²) in [5.74, 6) is 0.0720. The molecule has 1 aromatic rings. The molecule has 2 atom stereocenters. The van der Waals surface area contributed by atoms with Gasteiger partial charge in [-0.15, -0.1) is 0 Å². The number of benzene rings is 1. The third-order valence-corrected chi connectivity index (χ3v) is 5.53. The quantitative estimate of drug-likeness (QED) is 0.502. The molecule has 0 spiro atoms. The fourth-order valence-corrected chi connectivity index (χ4v) is 3.87. The molecule has 4 nitrogen and oxygen atoms in total. The normalized spacial score (nSPS) is 17.0. The summed E-state index contributed by atoms with van der Waals surface area (Å²) in [6, 6.07) is 9.44. The van der Waals surface area contributed by atoms with E-state index in [4.69, 9.17) is 0 Å². The van der Waals surface area contributed by atoms with E-state index < -0.39 is 6.10 Å². The molecular formula is C23H38N2O2. The lowest BCUT2D eigenvalue weighted by Crippen LogP contribution is -2.46. The summed E-state index contributed by atoms with van der Waals surface area (Å²) in [4.78, 5) is 14.8. The van der Waals surface area contributed by atoms with Crippen LogP contribution in [0.5, 0.6) is 0 Å². The van der Waals surface area contributed by atoms with Crippen LogP contribution in [-0.4, -0.2) is 41.6 Å². The summed E-state index contributed by atoms with van der Waals surface area (Å²) >= 11 is 0. The largest absolute Gasteiger partial charge is 0.386 e. The Labute approximate surface area is 165 Å². The molecule has 1 aliphatic rings. The second-order valence-electron chi connectivity index (χ2n) is 7.91. The SMILES string of the molecule is CCCCCCCCCC(=O)N[C@@H](CN1CCCC1)[C@@H](O)c1ccccc1. The van der Waals surface area contributed by atoms with Crippen LogP contribution in [0.2, 0.25) is 0 Å². The molecule has 1 saturated heterocycles. The molecule has 0 saturated carbocycles. The van der Waals surface area contributed by atoms with Gasteiger partial charge in [0.15, 0.2) is 0 Å². The minimum Gasteiger partial charge on any atom is -0.386 e. The molecule has 1 amide bonds. The van der Waals surface area contributed by atoms with Crippen LogP contribution < -0.4 is 5.32 Å². The van der Waals surface area contributed by atoms with Gasteiger partial charge in [0.1, 0.15) is 6.10 Å². The van der Waals surface area contributed by atoms with Gasteiger partial charge in [-0.25, -0.2) is 0 Å². The zero-order chi connectivity index (χ0) is 19.3. The fourth-order valence-electron chi connectivity index (χ4n) is 3.87. The first-order valence-corrected chi connectivity index (χ1v) is 11.0. The van der Waals surface area contributed by atoms with Gasteiger partial charge in [-0.05, 0) is 37.9 Å². The molecule has 0 bridgehead atoms. The van der Waals surface area contributed by atoms with Crippen LogP contribution in [0.1, 0.15) is 82.8 Å². The first-order valence-electron chi connectivity index (χ1n) is 11.0. The van der Waals surface area contributed by atoms with E-state index in [1.165, 1.54) is 44.9 Å². The fraction of sp³-hybridized carbons (Fsp3) is 0.696. The molecule has 1 aromatic carbocycles. The Kier molecular flexibility index (Phi) is 10.5. The number of rotatable bonds is 13. The Morgan fingerprint density at radius 3 is 2.33 bits per heavy atom. The molecule has 2 rings (SSSR count). The second-order valence-corrected chi connectivity index (χ2v) is 7.91. The molecule has 0 radical (unpaired) electrons. The Morgan fingerprint density at radius 2 is 1.67 bits per heavy atom. The van der Waals surface area contributed by atoms with Gasteiger partial charge in [0.2, 0.25) is 5.91 Å². The van der Waals surface area contributed by atoms with E-state index in [-0.39, 0.29) is 11.9 Å². The van der Waals surface area contributed by atoms with Crippen LogP contribution >= 0.6 is 0 Å². The van der Waals surface area contributed by atoms with Crippen molar-refractivity contribution >= 4 is 5.91 Å². The van der Waals surface area contributed by atoms with Crippen LogP contribution in [0.3, 0.4) is 0 Å². The van der Waals surface area contributed by atoms with Crippen LogP contribution in [0.4, 0.5) is 0 Å². The molecule has 0 aromatic heterocycles. The van der Waals surface area contributed by atoms with E-state index in [0.29, 0.717) is 6.42 Å². The predicted molar refractivity (Wildman–Crippen MR) is 112 cm³/mol. The number of hydrogen-bond acceptors (Lipinski definition) is 3. The Hall–Kier alpha value is -1.39. The summed E-state index contributed by atoms with van der Waals surface area (Å²) < 4.78 is 0. The van der Waals surface area contributed by atoms with E-state index in [0.717, 1.165) is 38.0 Å². The van der Waals surface area contributed by atoms with Gasteiger partial charge in [-0.1, -0.05) is 75.8 Å². The van der Waals surface area contributed by atoms with Crippen molar-refractivity contribution in [2.24, 2.45) is 0 Å². The van der Waals surface area contributed by atoms with Gasteiger partial charge in [0.25, 0.3) is 0 Å². The molecule has 2 N–H and O–H groups in total. The van der Waals surface area contributed by atoms with Gasteiger partial charge < -0.3 is 15.3 Å². The molecular weight excluding hydrogens is 336 g/mol. The number of unbranched alkanes of at least 4 members (excludes halogenated alkanes) is 6. The average Bonchev–Trinajstić information content (AvgIpc) is 3.20. The highest BCUT2D eigenvalue weighted by atomic mass is 16.3. The van der Waals surface area contributed by atoms with Crippen molar-refractivity contribution in [2.45, 2.75) is 83.3 Å². The van der Waals surface area contributed by atoms with E-state index in [2.05, 4.69) is 17.1 Å². The van der Waals surface area contributed by atoms with Crippen LogP contribution in [0.15, 0.2) is 30.3 Å². The van der Waals surface area contributed by atoms with Gasteiger partial charge >= 0.3 is 0 Å². The van der Waals surface area contributed by atoms with Crippen LogP contribution in [0, 0.1) is 0 Å². The molecule has 152 valence electrons. The molecule has 27 heavy (non-hydrogen) atoms. The van der Waals surface area contributed by atoms with Crippen molar-refractivity contribution in [3.05, 3.63) is 35.9 Å². The zero-order valence-corrected chi connectivity index (χ0v) is 17.0. The third kappa shape index (κ3) is 8.44. The summed E-state index contributed by atoms with van der Waals surface area (Å²) in [7, 11) is 0. The van der Waals surface area contributed by atoms with Crippen molar-refractivity contribution in [3.8, 4) is 0 Å². The lowest BCUT2D eigenvalue weighted by molar-refractivity contribution is -0.123. The summed E-state index contributed by atoms with van der Waals surface area (Å²) in [5.41, 5.74) is 0.873. The van der Waals surface area contributed by atoms with Crippen molar-refractivity contribution in [3.63, 3.8) is 0 Å². The molecule has 4 heteroatoms.